The van der Waals surface area contributed by atoms with Gasteiger partial charge in [-0.25, -0.2) is 0 Å². The van der Waals surface area contributed by atoms with E-state index in [4.69, 9.17) is 0 Å². The van der Waals surface area contributed by atoms with E-state index in [-0.39, 0.29) is 0 Å². The lowest BCUT2D eigenvalue weighted by Gasteiger charge is -2.36. The number of carboxylic acids is 1. The van der Waals surface area contributed by atoms with Gasteiger partial charge in [0.2, 0.25) is 0 Å². The average Bonchev–Trinajstić information content (AvgIpc) is 2.61. The van der Waals surface area contributed by atoms with Crippen LogP contribution in [-0.4, -0.2) is 39.8 Å². The van der Waals surface area contributed by atoms with Crippen molar-refractivity contribution in [1.82, 2.24) is 4.90 Å². The van der Waals surface area contributed by atoms with Crippen LogP contribution in [0.15, 0.2) is 11.4 Å². The van der Waals surface area contributed by atoms with Crippen molar-refractivity contribution in [3.05, 3.63) is 21.9 Å². The van der Waals surface area contributed by atoms with Gasteiger partial charge in [-0.15, -0.1) is 11.3 Å². The van der Waals surface area contributed by atoms with Gasteiger partial charge in [0, 0.05) is 18.0 Å². The highest BCUT2D eigenvalue weighted by Crippen LogP contribution is 2.34. The summed E-state index contributed by atoms with van der Waals surface area (Å²) in [7, 11) is 0. The van der Waals surface area contributed by atoms with Crippen molar-refractivity contribution in [3.8, 4) is 0 Å². The number of β-amino-alcohol motifs (C(OH)–C–C–N with tert-alkyl or cyclic N) is 1. The predicted octanol–water partition coefficient (Wildman–Crippen LogP) is 1.50. The molecule has 1 aliphatic rings. The SMILES string of the molecule is CC(C)(O)CN1CCc2sccc2C1C(=O)O. The molecule has 94 valence electrons. The normalized spacial score (nSPS) is 21.2. The van der Waals surface area contributed by atoms with E-state index in [0.717, 1.165) is 16.9 Å². The van der Waals surface area contributed by atoms with Crippen molar-refractivity contribution >= 4 is 17.3 Å². The molecule has 0 amide bonds. The molecule has 0 radical (unpaired) electrons. The Bertz CT molecular complexity index is 422. The summed E-state index contributed by atoms with van der Waals surface area (Å²) in [6, 6.07) is 1.27. The van der Waals surface area contributed by atoms with E-state index in [2.05, 4.69) is 0 Å². The molecule has 2 rings (SSSR count). The van der Waals surface area contributed by atoms with Crippen LogP contribution in [0.3, 0.4) is 0 Å². The van der Waals surface area contributed by atoms with Crippen LogP contribution >= 0.6 is 11.3 Å². The molecule has 0 bridgehead atoms. The van der Waals surface area contributed by atoms with Gasteiger partial charge in [0.15, 0.2) is 0 Å². The van der Waals surface area contributed by atoms with Crippen LogP contribution in [0.25, 0.3) is 0 Å². The second-order valence-electron chi connectivity index (χ2n) is 5.07. The fourth-order valence-corrected chi connectivity index (χ4v) is 3.23. The monoisotopic (exact) mass is 255 g/mol. The number of fused-ring (bicyclic) bond motifs is 1. The zero-order valence-electron chi connectivity index (χ0n) is 10.0. The molecule has 0 spiro atoms. The molecule has 0 saturated heterocycles. The Balaban J connectivity index is 2.28. The number of nitrogens with zero attached hydrogens (tertiary/aromatic N) is 1. The Kier molecular flexibility index (Phi) is 3.25. The Labute approximate surface area is 104 Å². The number of hydrogen-bond donors (Lipinski definition) is 2. The number of carboxylic acid groups (broad SMARTS) is 1. The molecule has 1 unspecified atom stereocenters. The highest BCUT2D eigenvalue weighted by Gasteiger charge is 2.35. The van der Waals surface area contributed by atoms with E-state index in [1.54, 1.807) is 25.2 Å². The van der Waals surface area contributed by atoms with Crippen molar-refractivity contribution in [1.29, 1.82) is 0 Å². The minimum Gasteiger partial charge on any atom is -0.480 e. The molecule has 1 aromatic rings. The molecule has 1 atom stereocenters. The van der Waals surface area contributed by atoms with Crippen molar-refractivity contribution < 1.29 is 15.0 Å². The number of hydrogen-bond acceptors (Lipinski definition) is 4. The smallest absolute Gasteiger partial charge is 0.325 e. The molecule has 0 aromatic carbocycles. The summed E-state index contributed by atoms with van der Waals surface area (Å²) in [5.74, 6) is -0.839. The van der Waals surface area contributed by atoms with E-state index < -0.39 is 17.6 Å². The summed E-state index contributed by atoms with van der Waals surface area (Å²) in [6.45, 7) is 4.47. The van der Waals surface area contributed by atoms with Crippen LogP contribution in [0.4, 0.5) is 0 Å². The predicted molar refractivity (Wildman–Crippen MR) is 66.3 cm³/mol. The zero-order chi connectivity index (χ0) is 12.6. The minimum atomic E-state index is -0.874. The maximum absolute atomic E-state index is 11.4. The Morgan fingerprint density at radius 1 is 1.65 bits per heavy atom. The van der Waals surface area contributed by atoms with Gasteiger partial charge < -0.3 is 10.2 Å². The van der Waals surface area contributed by atoms with Crippen LogP contribution in [0.2, 0.25) is 0 Å². The standard InChI is InChI=1S/C12H17NO3S/c1-12(2,16)7-13-5-3-9-8(4-6-17-9)10(13)11(14)15/h4,6,10,16H,3,5,7H2,1-2H3,(H,14,15). The minimum absolute atomic E-state index is 0.374. The van der Waals surface area contributed by atoms with Crippen LogP contribution in [-0.2, 0) is 11.2 Å². The molecule has 2 heterocycles. The van der Waals surface area contributed by atoms with Gasteiger partial charge in [-0.05, 0) is 37.3 Å². The van der Waals surface area contributed by atoms with Gasteiger partial charge in [0.25, 0.3) is 0 Å². The van der Waals surface area contributed by atoms with E-state index in [1.807, 2.05) is 16.3 Å². The van der Waals surface area contributed by atoms with E-state index in [0.29, 0.717) is 13.1 Å². The first-order chi connectivity index (χ1) is 7.88. The first-order valence-electron chi connectivity index (χ1n) is 5.64. The second kappa shape index (κ2) is 4.40. The summed E-state index contributed by atoms with van der Waals surface area (Å²) >= 11 is 1.61. The molecule has 0 saturated carbocycles. The number of thiophene rings is 1. The number of aliphatic carboxylic acids is 1. The van der Waals surface area contributed by atoms with Crippen LogP contribution < -0.4 is 0 Å². The number of aliphatic hydroxyl groups is 1. The lowest BCUT2D eigenvalue weighted by Crippen LogP contribution is -2.46. The third kappa shape index (κ3) is 2.68. The third-order valence-electron chi connectivity index (χ3n) is 2.89. The zero-order valence-corrected chi connectivity index (χ0v) is 10.8. The molecule has 1 aliphatic heterocycles. The van der Waals surface area contributed by atoms with Gasteiger partial charge in [-0.3, -0.25) is 9.69 Å². The molecule has 0 aliphatic carbocycles. The van der Waals surface area contributed by atoms with Gasteiger partial charge in [-0.1, -0.05) is 0 Å². The Hall–Kier alpha value is -0.910. The molecule has 2 N–H and O–H groups in total. The van der Waals surface area contributed by atoms with Crippen LogP contribution in [0, 0.1) is 0 Å². The second-order valence-corrected chi connectivity index (χ2v) is 6.07. The van der Waals surface area contributed by atoms with Crippen molar-refractivity contribution in [2.24, 2.45) is 0 Å². The topological polar surface area (TPSA) is 60.8 Å². The Morgan fingerprint density at radius 3 is 2.94 bits per heavy atom. The molecular formula is C12H17NO3S. The number of carbonyl (C=O) groups is 1. The lowest BCUT2D eigenvalue weighted by molar-refractivity contribution is -0.145. The summed E-state index contributed by atoms with van der Waals surface area (Å²) in [5, 5.41) is 21.1. The van der Waals surface area contributed by atoms with Crippen molar-refractivity contribution in [2.45, 2.75) is 31.9 Å². The summed E-state index contributed by atoms with van der Waals surface area (Å²) in [5.41, 5.74) is 0.0133. The van der Waals surface area contributed by atoms with Gasteiger partial charge in [-0.2, -0.15) is 0 Å². The van der Waals surface area contributed by atoms with Crippen LogP contribution in [0.1, 0.15) is 30.3 Å². The lowest BCUT2D eigenvalue weighted by atomic mass is 9.98. The first-order valence-corrected chi connectivity index (χ1v) is 6.52. The molecule has 17 heavy (non-hydrogen) atoms. The molecule has 5 heteroatoms. The van der Waals surface area contributed by atoms with Gasteiger partial charge >= 0.3 is 5.97 Å². The first kappa shape index (κ1) is 12.5. The maximum atomic E-state index is 11.4. The summed E-state index contributed by atoms with van der Waals surface area (Å²) in [4.78, 5) is 14.4. The highest BCUT2D eigenvalue weighted by molar-refractivity contribution is 7.10. The summed E-state index contributed by atoms with van der Waals surface area (Å²) < 4.78 is 0. The fraction of sp³-hybridized carbons (Fsp3) is 0.583. The largest absolute Gasteiger partial charge is 0.480 e. The third-order valence-corrected chi connectivity index (χ3v) is 3.89. The Morgan fingerprint density at radius 2 is 2.35 bits per heavy atom. The highest BCUT2D eigenvalue weighted by atomic mass is 32.1. The fourth-order valence-electron chi connectivity index (χ4n) is 2.32. The molecular weight excluding hydrogens is 238 g/mol. The summed E-state index contributed by atoms with van der Waals surface area (Å²) in [6.07, 6.45) is 0.868. The number of rotatable bonds is 3. The quantitative estimate of drug-likeness (QED) is 0.859. The van der Waals surface area contributed by atoms with Crippen LogP contribution in [0.5, 0.6) is 0 Å². The van der Waals surface area contributed by atoms with Gasteiger partial charge in [0.1, 0.15) is 6.04 Å². The van der Waals surface area contributed by atoms with E-state index in [9.17, 15) is 15.0 Å². The molecule has 1 aromatic heterocycles. The van der Waals surface area contributed by atoms with Gasteiger partial charge in [0.05, 0.1) is 5.60 Å². The average molecular weight is 255 g/mol. The van der Waals surface area contributed by atoms with Crippen molar-refractivity contribution in [2.75, 3.05) is 13.1 Å². The molecule has 0 fully saturated rings. The van der Waals surface area contributed by atoms with E-state index in [1.165, 1.54) is 0 Å². The van der Waals surface area contributed by atoms with Crippen molar-refractivity contribution in [3.63, 3.8) is 0 Å². The molecule has 4 nitrogen and oxygen atoms in total. The maximum Gasteiger partial charge on any atom is 0.325 e. The van der Waals surface area contributed by atoms with E-state index >= 15 is 0 Å².